The molecular formula is C17H30O2. The van der Waals surface area contributed by atoms with E-state index in [1.165, 1.54) is 45.4 Å². The summed E-state index contributed by atoms with van der Waals surface area (Å²) in [7, 11) is 0. The van der Waals surface area contributed by atoms with Crippen LogP contribution >= 0.6 is 0 Å². The number of hydrogen-bond acceptors (Lipinski definition) is 2. The molecule has 0 N–H and O–H groups in total. The van der Waals surface area contributed by atoms with E-state index in [0.29, 0.717) is 6.61 Å². The van der Waals surface area contributed by atoms with Crippen molar-refractivity contribution in [2.24, 2.45) is 0 Å². The van der Waals surface area contributed by atoms with Crippen LogP contribution in [0.15, 0.2) is 24.3 Å². The van der Waals surface area contributed by atoms with Gasteiger partial charge in [0.05, 0.1) is 6.61 Å². The lowest BCUT2D eigenvalue weighted by atomic mass is 10.1. The number of hydrogen-bond donors (Lipinski definition) is 0. The first-order valence-corrected chi connectivity index (χ1v) is 7.70. The van der Waals surface area contributed by atoms with Crippen molar-refractivity contribution in [1.82, 2.24) is 0 Å². The summed E-state index contributed by atoms with van der Waals surface area (Å²) in [6.07, 6.45) is 19.7. The minimum atomic E-state index is -0.184. The summed E-state index contributed by atoms with van der Waals surface area (Å²) in [5, 5.41) is 0. The van der Waals surface area contributed by atoms with Crippen LogP contribution in [0.25, 0.3) is 0 Å². The van der Waals surface area contributed by atoms with Crippen LogP contribution in [0.5, 0.6) is 0 Å². The highest BCUT2D eigenvalue weighted by Crippen LogP contribution is 2.04. The Morgan fingerprint density at radius 2 is 1.32 bits per heavy atom. The molecule has 0 aromatic carbocycles. The summed E-state index contributed by atoms with van der Waals surface area (Å²) in [6.45, 7) is 4.22. The predicted octanol–water partition coefficient (Wildman–Crippen LogP) is 5.19. The van der Waals surface area contributed by atoms with Crippen LogP contribution in [0.4, 0.5) is 0 Å². The Bertz CT molecular complexity index is 254. The molecule has 2 nitrogen and oxygen atoms in total. The minimum absolute atomic E-state index is 0.184. The van der Waals surface area contributed by atoms with Gasteiger partial charge in [-0.15, -0.1) is 0 Å². The fourth-order valence-electron chi connectivity index (χ4n) is 1.73. The number of unbranched alkanes of at least 4 members (excludes halogenated alkanes) is 6. The number of rotatable bonds is 12. The second-order valence-corrected chi connectivity index (χ2v) is 4.85. The molecule has 0 aliphatic heterocycles. The average molecular weight is 266 g/mol. The first-order chi connectivity index (χ1) is 9.27. The van der Waals surface area contributed by atoms with Crippen molar-refractivity contribution in [3.8, 4) is 0 Å². The van der Waals surface area contributed by atoms with Gasteiger partial charge in [0.1, 0.15) is 0 Å². The molecule has 0 fully saturated rings. The van der Waals surface area contributed by atoms with Crippen LogP contribution in [0, 0.1) is 0 Å². The molecule has 0 aromatic rings. The van der Waals surface area contributed by atoms with Crippen LogP contribution in [-0.4, -0.2) is 12.6 Å². The normalized spacial score (nSPS) is 11.5. The highest BCUT2D eigenvalue weighted by molar-refractivity contribution is 5.65. The molecule has 0 unspecified atom stereocenters. The largest absolute Gasteiger partial charge is 0.466 e. The second-order valence-electron chi connectivity index (χ2n) is 4.85. The van der Waals surface area contributed by atoms with Crippen molar-refractivity contribution in [1.29, 1.82) is 0 Å². The molecule has 0 aliphatic carbocycles. The van der Waals surface area contributed by atoms with E-state index in [4.69, 9.17) is 4.74 Å². The average Bonchev–Trinajstić information content (AvgIpc) is 2.39. The molecule has 0 amide bonds. The first-order valence-electron chi connectivity index (χ1n) is 7.70. The molecule has 19 heavy (non-hydrogen) atoms. The van der Waals surface area contributed by atoms with E-state index in [0.717, 1.165) is 19.3 Å². The van der Waals surface area contributed by atoms with Crippen LogP contribution in [0.1, 0.15) is 71.6 Å². The van der Waals surface area contributed by atoms with E-state index in [9.17, 15) is 4.79 Å². The number of carbonyl (C=O) groups excluding carboxylic acids is 1. The van der Waals surface area contributed by atoms with Gasteiger partial charge in [0.25, 0.3) is 0 Å². The van der Waals surface area contributed by atoms with Crippen LogP contribution in [0.3, 0.4) is 0 Å². The third-order valence-corrected chi connectivity index (χ3v) is 2.87. The van der Waals surface area contributed by atoms with E-state index >= 15 is 0 Å². The van der Waals surface area contributed by atoms with Crippen LogP contribution in [0.2, 0.25) is 0 Å². The summed E-state index contributed by atoms with van der Waals surface area (Å²) in [5.74, 6) is -0.184. The molecular weight excluding hydrogens is 236 g/mol. The zero-order valence-electron chi connectivity index (χ0n) is 12.7. The quantitative estimate of drug-likeness (QED) is 0.276. The molecule has 0 bridgehead atoms. The van der Waals surface area contributed by atoms with E-state index in [-0.39, 0.29) is 5.97 Å². The van der Waals surface area contributed by atoms with E-state index in [1.807, 2.05) is 0 Å². The number of carbonyl (C=O) groups is 1. The lowest BCUT2D eigenvalue weighted by molar-refractivity contribution is -0.141. The molecule has 0 saturated carbocycles. The highest BCUT2D eigenvalue weighted by atomic mass is 16.5. The molecule has 0 aliphatic rings. The Kier molecular flexibility index (Phi) is 14.2. The Morgan fingerprint density at radius 3 is 1.79 bits per heavy atom. The summed E-state index contributed by atoms with van der Waals surface area (Å²) in [4.78, 5) is 10.5. The summed E-state index contributed by atoms with van der Waals surface area (Å²) in [6, 6.07) is 0. The lowest BCUT2D eigenvalue weighted by Gasteiger charge is -1.98. The standard InChI is InChI=1S/C17H30O2/c1-3-4-5-6-7-8-9-10-11-12-13-14-15-16-19-17(2)18/h6-7,12-13H,3-5,8-11,14-16H2,1-2H3/b7-6-,13-12+. The molecule has 0 saturated heterocycles. The smallest absolute Gasteiger partial charge is 0.302 e. The van der Waals surface area contributed by atoms with Gasteiger partial charge in [0.15, 0.2) is 0 Å². The Morgan fingerprint density at radius 1 is 0.842 bits per heavy atom. The summed E-state index contributed by atoms with van der Waals surface area (Å²) in [5.41, 5.74) is 0. The van der Waals surface area contributed by atoms with Crippen molar-refractivity contribution in [3.63, 3.8) is 0 Å². The zero-order valence-corrected chi connectivity index (χ0v) is 12.7. The topological polar surface area (TPSA) is 26.3 Å². The molecule has 0 radical (unpaired) electrons. The number of esters is 1. The maximum atomic E-state index is 10.5. The van der Waals surface area contributed by atoms with E-state index in [1.54, 1.807) is 0 Å². The Balaban J connectivity index is 3.16. The molecule has 0 heterocycles. The molecule has 0 spiro atoms. The Labute approximate surface area is 118 Å². The second kappa shape index (κ2) is 15.0. The molecule has 0 aromatic heterocycles. The van der Waals surface area contributed by atoms with Crippen molar-refractivity contribution < 1.29 is 9.53 Å². The van der Waals surface area contributed by atoms with Gasteiger partial charge in [-0.05, 0) is 44.9 Å². The maximum Gasteiger partial charge on any atom is 0.302 e. The third kappa shape index (κ3) is 16.9. The molecule has 0 rings (SSSR count). The monoisotopic (exact) mass is 266 g/mol. The first kappa shape index (κ1) is 17.9. The van der Waals surface area contributed by atoms with Gasteiger partial charge in [-0.1, -0.05) is 44.1 Å². The van der Waals surface area contributed by atoms with Gasteiger partial charge in [-0.25, -0.2) is 0 Å². The number of ether oxygens (including phenoxy) is 1. The van der Waals surface area contributed by atoms with Gasteiger partial charge in [0, 0.05) is 6.92 Å². The number of allylic oxidation sites excluding steroid dienone is 4. The van der Waals surface area contributed by atoms with Crippen LogP contribution in [-0.2, 0) is 9.53 Å². The molecule has 2 heteroatoms. The third-order valence-electron chi connectivity index (χ3n) is 2.87. The van der Waals surface area contributed by atoms with E-state index in [2.05, 4.69) is 31.2 Å². The SMILES string of the molecule is CCCC/C=C\CCCC/C=C/CCCOC(C)=O. The van der Waals surface area contributed by atoms with Crippen molar-refractivity contribution in [3.05, 3.63) is 24.3 Å². The van der Waals surface area contributed by atoms with Gasteiger partial charge >= 0.3 is 5.97 Å². The summed E-state index contributed by atoms with van der Waals surface area (Å²) < 4.78 is 4.86. The van der Waals surface area contributed by atoms with Gasteiger partial charge in [-0.3, -0.25) is 4.79 Å². The summed E-state index contributed by atoms with van der Waals surface area (Å²) >= 11 is 0. The minimum Gasteiger partial charge on any atom is -0.466 e. The molecule has 0 atom stereocenters. The van der Waals surface area contributed by atoms with Crippen molar-refractivity contribution in [2.75, 3.05) is 6.61 Å². The van der Waals surface area contributed by atoms with Crippen LogP contribution < -0.4 is 0 Å². The van der Waals surface area contributed by atoms with Gasteiger partial charge < -0.3 is 4.74 Å². The maximum absolute atomic E-state index is 10.5. The fourth-order valence-corrected chi connectivity index (χ4v) is 1.73. The Hall–Kier alpha value is -1.05. The van der Waals surface area contributed by atoms with Gasteiger partial charge in [-0.2, -0.15) is 0 Å². The fraction of sp³-hybridized carbons (Fsp3) is 0.706. The predicted molar refractivity (Wildman–Crippen MR) is 82.1 cm³/mol. The highest BCUT2D eigenvalue weighted by Gasteiger charge is 1.90. The zero-order chi connectivity index (χ0) is 14.2. The van der Waals surface area contributed by atoms with E-state index < -0.39 is 0 Å². The van der Waals surface area contributed by atoms with Crippen molar-refractivity contribution in [2.45, 2.75) is 71.6 Å². The molecule has 110 valence electrons. The lowest BCUT2D eigenvalue weighted by Crippen LogP contribution is -1.99. The van der Waals surface area contributed by atoms with Gasteiger partial charge in [0.2, 0.25) is 0 Å². The van der Waals surface area contributed by atoms with Crippen molar-refractivity contribution >= 4 is 5.97 Å².